The van der Waals surface area contributed by atoms with Gasteiger partial charge < -0.3 is 24.3 Å². The van der Waals surface area contributed by atoms with Gasteiger partial charge in [-0.1, -0.05) is 61.5 Å². The van der Waals surface area contributed by atoms with Crippen molar-refractivity contribution in [2.45, 2.75) is 50.2 Å². The molecule has 254 valence electrons. The van der Waals surface area contributed by atoms with Crippen molar-refractivity contribution in [3.8, 4) is 11.5 Å². The van der Waals surface area contributed by atoms with Crippen molar-refractivity contribution in [3.05, 3.63) is 108 Å². The zero-order valence-electron chi connectivity index (χ0n) is 27.3. The molecule has 1 saturated heterocycles. The van der Waals surface area contributed by atoms with E-state index in [4.69, 9.17) is 23.5 Å². The standard InChI is InChI=1S/C35H36N5O8P/c1-4-8-30(41)39-33-32-34(37-21-36-33)40(22-38-32)31-19-28(48-49(42)43)29(47-31)20-46-35(23-9-6-5-7-10-23,24-11-15-26(44-2)16-12-24)25-13-17-27(45-3)18-14-25/h5-7,9-18,21-22,28-29,31H,4,8,19-20H2,1-3H3,(H-,36,37,39,41,42,43)/p+1/t28-,29+,31+/m0/s1. The quantitative estimate of drug-likeness (QED) is 0.106. The largest absolute Gasteiger partial charge is 0.695 e. The molecule has 0 saturated carbocycles. The van der Waals surface area contributed by atoms with Crippen LogP contribution in [0.4, 0.5) is 5.82 Å². The van der Waals surface area contributed by atoms with Crippen LogP contribution < -0.4 is 14.8 Å². The van der Waals surface area contributed by atoms with Gasteiger partial charge in [-0.2, -0.15) is 0 Å². The first-order valence-electron chi connectivity index (χ1n) is 15.8. The van der Waals surface area contributed by atoms with Crippen molar-refractivity contribution in [1.29, 1.82) is 0 Å². The number of ether oxygens (including phenoxy) is 4. The highest BCUT2D eigenvalue weighted by Gasteiger charge is 2.46. The molecule has 0 aliphatic carbocycles. The van der Waals surface area contributed by atoms with Crippen molar-refractivity contribution in [3.63, 3.8) is 0 Å². The second-order valence-electron chi connectivity index (χ2n) is 11.4. The Kier molecular flexibility index (Phi) is 10.6. The van der Waals surface area contributed by atoms with Crippen molar-refractivity contribution in [2.24, 2.45) is 0 Å². The van der Waals surface area contributed by atoms with Gasteiger partial charge in [-0.15, -0.1) is 9.42 Å². The van der Waals surface area contributed by atoms with Gasteiger partial charge in [0.1, 0.15) is 41.9 Å². The molecule has 14 heteroatoms. The van der Waals surface area contributed by atoms with Crippen LogP contribution in [0.5, 0.6) is 11.5 Å². The fourth-order valence-corrected chi connectivity index (χ4v) is 6.56. The monoisotopic (exact) mass is 686 g/mol. The third-order valence-corrected chi connectivity index (χ3v) is 8.90. The molecule has 5 aromatic rings. The molecular formula is C35H37N5O8P+. The number of amides is 1. The van der Waals surface area contributed by atoms with E-state index in [0.717, 1.165) is 16.7 Å². The van der Waals surface area contributed by atoms with Crippen LogP contribution in [0.15, 0.2) is 91.5 Å². The molecule has 49 heavy (non-hydrogen) atoms. The minimum absolute atomic E-state index is 0.0305. The van der Waals surface area contributed by atoms with E-state index in [9.17, 15) is 14.3 Å². The molecule has 13 nitrogen and oxygen atoms in total. The van der Waals surface area contributed by atoms with E-state index in [2.05, 4.69) is 20.3 Å². The summed E-state index contributed by atoms with van der Waals surface area (Å²) in [6, 6.07) is 25.0. The third kappa shape index (κ3) is 7.17. The lowest BCUT2D eigenvalue weighted by Gasteiger charge is -2.37. The van der Waals surface area contributed by atoms with Crippen molar-refractivity contribution < 1.29 is 37.7 Å². The molecule has 0 spiro atoms. The number of hydrogen-bond donors (Lipinski definition) is 2. The lowest BCUT2D eigenvalue weighted by molar-refractivity contribution is -0.116. The number of carbonyl (C=O) groups is 1. The van der Waals surface area contributed by atoms with Crippen LogP contribution in [0, 0.1) is 0 Å². The molecule has 1 amide bonds. The number of fused-ring (bicyclic) bond motifs is 1. The summed E-state index contributed by atoms with van der Waals surface area (Å²) < 4.78 is 43.6. The Hall–Kier alpha value is -4.78. The van der Waals surface area contributed by atoms with Gasteiger partial charge in [0.25, 0.3) is 0 Å². The molecule has 2 aromatic heterocycles. The van der Waals surface area contributed by atoms with E-state index >= 15 is 0 Å². The number of hydrogen-bond acceptors (Lipinski definition) is 10. The summed E-state index contributed by atoms with van der Waals surface area (Å²) >= 11 is 0. The maximum atomic E-state index is 12.3. The molecular weight excluding hydrogens is 649 g/mol. The number of aromatic nitrogens is 4. The Morgan fingerprint density at radius 1 is 0.959 bits per heavy atom. The molecule has 1 fully saturated rings. The van der Waals surface area contributed by atoms with E-state index in [1.807, 2.05) is 85.8 Å². The summed E-state index contributed by atoms with van der Waals surface area (Å²) in [5, 5.41) is 2.79. The average molecular weight is 687 g/mol. The van der Waals surface area contributed by atoms with Crippen molar-refractivity contribution in [1.82, 2.24) is 19.5 Å². The highest BCUT2D eigenvalue weighted by molar-refractivity contribution is 7.32. The molecule has 6 rings (SSSR count). The summed E-state index contributed by atoms with van der Waals surface area (Å²) in [6.45, 7) is 1.88. The van der Waals surface area contributed by atoms with Gasteiger partial charge in [-0.3, -0.25) is 9.36 Å². The fraction of sp³-hybridized carbons (Fsp3) is 0.314. The normalized spacial score (nSPS) is 18.0. The Bertz CT molecular complexity index is 1840. The zero-order chi connectivity index (χ0) is 34.4. The Labute approximate surface area is 284 Å². The molecule has 1 aliphatic rings. The van der Waals surface area contributed by atoms with E-state index < -0.39 is 32.3 Å². The number of benzene rings is 3. The molecule has 1 aliphatic heterocycles. The van der Waals surface area contributed by atoms with Crippen LogP contribution in [0.25, 0.3) is 11.2 Å². The summed E-state index contributed by atoms with van der Waals surface area (Å²) in [5.41, 5.74) is 2.16. The van der Waals surface area contributed by atoms with Gasteiger partial charge in [0.15, 0.2) is 17.0 Å². The maximum Gasteiger partial charge on any atom is 0.695 e. The van der Waals surface area contributed by atoms with Gasteiger partial charge in [-0.05, 0) is 47.4 Å². The SMILES string of the molecule is CCCC(=O)Nc1ncnc2c1ncn2[C@H]1C[C@H](O[P+](=O)O)[C@@H](COC(c2ccccc2)(c2ccc(OC)cc2)c2ccc(OC)cc2)O1. The predicted octanol–water partition coefficient (Wildman–Crippen LogP) is 5.91. The summed E-state index contributed by atoms with van der Waals surface area (Å²) in [7, 11) is 0.258. The zero-order valence-corrected chi connectivity index (χ0v) is 28.2. The van der Waals surface area contributed by atoms with E-state index in [-0.39, 0.29) is 24.8 Å². The van der Waals surface area contributed by atoms with Crippen LogP contribution in [-0.2, 0) is 29.0 Å². The van der Waals surface area contributed by atoms with E-state index in [1.165, 1.54) is 6.33 Å². The second-order valence-corrected chi connectivity index (χ2v) is 12.1. The van der Waals surface area contributed by atoms with Crippen LogP contribution >= 0.6 is 8.25 Å². The number of nitrogens with zero attached hydrogens (tertiary/aromatic N) is 4. The number of carbonyl (C=O) groups excluding carboxylic acids is 1. The molecule has 2 N–H and O–H groups in total. The van der Waals surface area contributed by atoms with Gasteiger partial charge in [0.05, 0.1) is 27.2 Å². The van der Waals surface area contributed by atoms with Gasteiger partial charge in [0.2, 0.25) is 5.91 Å². The topological polar surface area (TPSA) is 156 Å². The highest BCUT2D eigenvalue weighted by Crippen LogP contribution is 2.44. The number of methoxy groups -OCH3 is 2. The average Bonchev–Trinajstić information content (AvgIpc) is 3.74. The van der Waals surface area contributed by atoms with Gasteiger partial charge >= 0.3 is 8.25 Å². The molecule has 0 radical (unpaired) electrons. The smallest absolute Gasteiger partial charge is 0.497 e. The molecule has 3 heterocycles. The first kappa shape index (κ1) is 34.1. The first-order chi connectivity index (χ1) is 23.9. The maximum absolute atomic E-state index is 12.3. The molecule has 3 aromatic carbocycles. The summed E-state index contributed by atoms with van der Waals surface area (Å²) in [5.74, 6) is 1.49. The number of nitrogens with one attached hydrogen (secondary N) is 1. The van der Waals surface area contributed by atoms with Gasteiger partial charge in [-0.25, -0.2) is 15.0 Å². The summed E-state index contributed by atoms with van der Waals surface area (Å²) in [4.78, 5) is 35.2. The van der Waals surface area contributed by atoms with Crippen LogP contribution in [0.3, 0.4) is 0 Å². The fourth-order valence-electron chi connectivity index (χ4n) is 6.11. The van der Waals surface area contributed by atoms with Gasteiger partial charge in [0, 0.05) is 17.4 Å². The third-order valence-electron chi connectivity index (χ3n) is 8.45. The summed E-state index contributed by atoms with van der Waals surface area (Å²) in [6.07, 6.45) is 1.84. The first-order valence-corrected chi connectivity index (χ1v) is 16.9. The van der Waals surface area contributed by atoms with Crippen LogP contribution in [0.2, 0.25) is 0 Å². The van der Waals surface area contributed by atoms with Crippen LogP contribution in [0.1, 0.15) is 49.1 Å². The molecule has 1 unspecified atom stereocenters. The minimum atomic E-state index is -2.96. The number of imidazole rings is 1. The molecule has 4 atom stereocenters. The second kappa shape index (κ2) is 15.2. The number of anilines is 1. The van der Waals surface area contributed by atoms with E-state index in [0.29, 0.717) is 35.5 Å². The predicted molar refractivity (Wildman–Crippen MR) is 180 cm³/mol. The van der Waals surface area contributed by atoms with E-state index in [1.54, 1.807) is 25.1 Å². The highest BCUT2D eigenvalue weighted by atomic mass is 31.1. The van der Waals surface area contributed by atoms with Crippen molar-refractivity contribution >= 4 is 31.1 Å². The lowest BCUT2D eigenvalue weighted by Crippen LogP contribution is -2.38. The lowest BCUT2D eigenvalue weighted by atomic mass is 9.80. The number of rotatable bonds is 14. The van der Waals surface area contributed by atoms with Crippen LogP contribution in [-0.4, -0.2) is 63.4 Å². The molecule has 0 bridgehead atoms. The van der Waals surface area contributed by atoms with Crippen molar-refractivity contribution in [2.75, 3.05) is 26.1 Å². The Balaban J connectivity index is 1.36. The minimum Gasteiger partial charge on any atom is -0.497 e. The Morgan fingerprint density at radius 2 is 1.59 bits per heavy atom. The Morgan fingerprint density at radius 3 is 2.18 bits per heavy atom.